The summed E-state index contributed by atoms with van der Waals surface area (Å²) in [5, 5.41) is 0. The Morgan fingerprint density at radius 1 is 1.23 bits per heavy atom. The average molecular weight is 296 g/mol. The van der Waals surface area contributed by atoms with E-state index in [1.807, 2.05) is 19.2 Å². The molecule has 0 atom stereocenters. The smallest absolute Gasteiger partial charge is 0.191 e. The van der Waals surface area contributed by atoms with Gasteiger partial charge in [-0.3, -0.25) is 0 Å². The van der Waals surface area contributed by atoms with Gasteiger partial charge in [0.15, 0.2) is 11.7 Å². The Bertz CT molecular complexity index is 717. The second kappa shape index (κ2) is 6.47. The number of hydrogen-bond donors (Lipinski definition) is 0. The zero-order valence-electron chi connectivity index (χ0n) is 12.9. The van der Waals surface area contributed by atoms with Crippen LogP contribution >= 0.6 is 0 Å². The number of hydrogen-bond acceptors (Lipinski definition) is 4. The van der Waals surface area contributed by atoms with E-state index in [1.165, 1.54) is 5.69 Å². The monoisotopic (exact) mass is 296 g/mol. The van der Waals surface area contributed by atoms with Crippen molar-refractivity contribution in [3.63, 3.8) is 0 Å². The van der Waals surface area contributed by atoms with Crippen molar-refractivity contribution in [1.82, 2.24) is 14.5 Å². The summed E-state index contributed by atoms with van der Waals surface area (Å²) >= 11 is 0. The number of benzene rings is 1. The van der Waals surface area contributed by atoms with Crippen molar-refractivity contribution in [3.05, 3.63) is 54.9 Å². The Balaban J connectivity index is 1.60. The molecule has 0 saturated heterocycles. The molecule has 114 valence electrons. The van der Waals surface area contributed by atoms with Crippen molar-refractivity contribution in [2.45, 2.75) is 19.9 Å². The Labute approximate surface area is 130 Å². The van der Waals surface area contributed by atoms with Gasteiger partial charge in [-0.1, -0.05) is 18.2 Å². The Morgan fingerprint density at radius 2 is 2.05 bits per heavy atom. The van der Waals surface area contributed by atoms with Crippen LogP contribution in [0.2, 0.25) is 0 Å². The fourth-order valence-corrected chi connectivity index (χ4v) is 2.48. The first kappa shape index (κ1) is 14.4. The summed E-state index contributed by atoms with van der Waals surface area (Å²) in [6, 6.07) is 10.4. The summed E-state index contributed by atoms with van der Waals surface area (Å²) in [6.45, 7) is 3.73. The number of aryl methyl sites for hydroxylation is 2. The molecule has 22 heavy (non-hydrogen) atoms. The quantitative estimate of drug-likeness (QED) is 0.699. The van der Waals surface area contributed by atoms with Crippen LogP contribution < -0.4 is 4.90 Å². The molecular formula is C17H20N4O. The maximum atomic E-state index is 5.27. The van der Waals surface area contributed by atoms with Gasteiger partial charge in [-0.05, 0) is 18.6 Å². The predicted molar refractivity (Wildman–Crippen MR) is 86.8 cm³/mol. The third-order valence-corrected chi connectivity index (χ3v) is 3.65. The van der Waals surface area contributed by atoms with Crippen LogP contribution in [0.25, 0.3) is 11.5 Å². The largest absolute Gasteiger partial charge is 0.449 e. The average Bonchev–Trinajstić information content (AvgIpc) is 3.16. The molecule has 5 heteroatoms. The van der Waals surface area contributed by atoms with E-state index in [4.69, 9.17) is 4.42 Å². The molecule has 0 aliphatic rings. The first-order valence-corrected chi connectivity index (χ1v) is 7.44. The van der Waals surface area contributed by atoms with Crippen LogP contribution in [0.4, 0.5) is 5.69 Å². The van der Waals surface area contributed by atoms with E-state index < -0.39 is 0 Å². The fraction of sp³-hybridized carbons (Fsp3) is 0.294. The van der Waals surface area contributed by atoms with Gasteiger partial charge in [0.1, 0.15) is 12.0 Å². The highest BCUT2D eigenvalue weighted by molar-refractivity contribution is 5.48. The zero-order valence-corrected chi connectivity index (χ0v) is 12.9. The van der Waals surface area contributed by atoms with Crippen molar-refractivity contribution in [2.24, 2.45) is 0 Å². The first-order chi connectivity index (χ1) is 10.7. The van der Waals surface area contributed by atoms with Crippen molar-refractivity contribution in [3.8, 4) is 11.5 Å². The minimum Gasteiger partial charge on any atom is -0.449 e. The van der Waals surface area contributed by atoms with Gasteiger partial charge in [0.05, 0.1) is 0 Å². The second-order valence-electron chi connectivity index (χ2n) is 5.31. The molecule has 3 rings (SSSR count). The summed E-state index contributed by atoms with van der Waals surface area (Å²) in [6.07, 6.45) is 6.48. The molecule has 0 fully saturated rings. The Kier molecular flexibility index (Phi) is 4.23. The lowest BCUT2D eigenvalue weighted by Gasteiger charge is -2.19. The minimum absolute atomic E-state index is 0.661. The molecule has 0 N–H and O–H groups in total. The number of nitrogens with zero attached hydrogens (tertiary/aromatic N) is 4. The third kappa shape index (κ3) is 3.19. The molecule has 0 unspecified atom stereocenters. The van der Waals surface area contributed by atoms with E-state index >= 15 is 0 Å². The maximum Gasteiger partial charge on any atom is 0.191 e. The maximum absolute atomic E-state index is 5.27. The number of para-hydroxylation sites is 1. The second-order valence-corrected chi connectivity index (χ2v) is 5.31. The van der Waals surface area contributed by atoms with Crippen molar-refractivity contribution in [2.75, 3.05) is 18.5 Å². The van der Waals surface area contributed by atoms with E-state index in [1.54, 1.807) is 12.5 Å². The van der Waals surface area contributed by atoms with Gasteiger partial charge in [0.2, 0.25) is 0 Å². The van der Waals surface area contributed by atoms with Crippen LogP contribution in [0.3, 0.4) is 0 Å². The first-order valence-electron chi connectivity index (χ1n) is 7.44. The molecule has 0 aliphatic heterocycles. The number of imidazole rings is 1. The van der Waals surface area contributed by atoms with Crippen molar-refractivity contribution in [1.29, 1.82) is 0 Å². The van der Waals surface area contributed by atoms with Crippen LogP contribution in [-0.4, -0.2) is 28.1 Å². The molecule has 0 saturated carbocycles. The summed E-state index contributed by atoms with van der Waals surface area (Å²) in [5.74, 6) is 1.52. The SMILES string of the molecule is Cc1nc(-c2nccn2CCCN(C)c2ccccc2)co1. The number of aromatic nitrogens is 3. The van der Waals surface area contributed by atoms with Crippen molar-refractivity contribution < 1.29 is 4.42 Å². The molecule has 2 heterocycles. The number of rotatable bonds is 6. The van der Waals surface area contributed by atoms with Crippen LogP contribution in [0, 0.1) is 6.92 Å². The molecular weight excluding hydrogens is 276 g/mol. The molecule has 0 aliphatic carbocycles. The van der Waals surface area contributed by atoms with E-state index in [9.17, 15) is 0 Å². The third-order valence-electron chi connectivity index (χ3n) is 3.65. The van der Waals surface area contributed by atoms with Gasteiger partial charge in [-0.15, -0.1) is 0 Å². The highest BCUT2D eigenvalue weighted by Crippen LogP contribution is 2.17. The lowest BCUT2D eigenvalue weighted by atomic mass is 10.3. The fourth-order valence-electron chi connectivity index (χ4n) is 2.48. The van der Waals surface area contributed by atoms with Crippen LogP contribution in [-0.2, 0) is 6.54 Å². The molecule has 0 radical (unpaired) electrons. The minimum atomic E-state index is 0.661. The van der Waals surface area contributed by atoms with E-state index in [2.05, 4.69) is 50.7 Å². The number of anilines is 1. The van der Waals surface area contributed by atoms with Crippen LogP contribution in [0.5, 0.6) is 0 Å². The van der Waals surface area contributed by atoms with Gasteiger partial charge in [0.25, 0.3) is 0 Å². The Morgan fingerprint density at radius 3 is 2.77 bits per heavy atom. The van der Waals surface area contributed by atoms with Crippen LogP contribution in [0.15, 0.2) is 53.4 Å². The van der Waals surface area contributed by atoms with E-state index in [0.717, 1.165) is 31.0 Å². The van der Waals surface area contributed by atoms with Gasteiger partial charge in [-0.25, -0.2) is 9.97 Å². The zero-order chi connectivity index (χ0) is 15.4. The van der Waals surface area contributed by atoms with E-state index in [-0.39, 0.29) is 0 Å². The van der Waals surface area contributed by atoms with Gasteiger partial charge in [-0.2, -0.15) is 0 Å². The standard InChI is InChI=1S/C17H20N4O/c1-14-19-16(13-22-14)17-18-9-12-21(17)11-6-10-20(2)15-7-4-3-5-8-15/h3-5,7-9,12-13H,6,10-11H2,1-2H3. The van der Waals surface area contributed by atoms with Crippen LogP contribution in [0.1, 0.15) is 12.3 Å². The van der Waals surface area contributed by atoms with Gasteiger partial charge < -0.3 is 13.9 Å². The summed E-state index contributed by atoms with van der Waals surface area (Å²) in [4.78, 5) is 11.0. The summed E-state index contributed by atoms with van der Waals surface area (Å²) in [7, 11) is 2.12. The van der Waals surface area contributed by atoms with E-state index in [0.29, 0.717) is 5.89 Å². The highest BCUT2D eigenvalue weighted by atomic mass is 16.3. The molecule has 3 aromatic rings. The molecule has 5 nitrogen and oxygen atoms in total. The summed E-state index contributed by atoms with van der Waals surface area (Å²) in [5.41, 5.74) is 2.03. The normalized spacial score (nSPS) is 10.8. The molecule has 0 spiro atoms. The molecule has 0 bridgehead atoms. The lowest BCUT2D eigenvalue weighted by molar-refractivity contribution is 0.521. The Hall–Kier alpha value is -2.56. The molecule has 0 amide bonds. The van der Waals surface area contributed by atoms with Gasteiger partial charge in [0, 0.05) is 45.1 Å². The lowest BCUT2D eigenvalue weighted by Crippen LogP contribution is -2.19. The predicted octanol–water partition coefficient (Wildman–Crippen LogP) is 3.37. The topological polar surface area (TPSA) is 47.1 Å². The molecule has 2 aromatic heterocycles. The van der Waals surface area contributed by atoms with Crippen molar-refractivity contribution >= 4 is 5.69 Å². The molecule has 1 aromatic carbocycles. The highest BCUT2D eigenvalue weighted by Gasteiger charge is 2.10. The van der Waals surface area contributed by atoms with Gasteiger partial charge >= 0.3 is 0 Å². The number of oxazole rings is 1. The summed E-state index contributed by atoms with van der Waals surface area (Å²) < 4.78 is 7.39.